The third-order valence-electron chi connectivity index (χ3n) is 6.42. The molecule has 2 rings (SSSR count). The lowest BCUT2D eigenvalue weighted by Gasteiger charge is -2.21. The number of esters is 1. The van der Waals surface area contributed by atoms with E-state index in [1.165, 1.54) is 0 Å². The van der Waals surface area contributed by atoms with Crippen LogP contribution >= 0.6 is 0 Å². The maximum atomic E-state index is 12.8. The zero-order chi connectivity index (χ0) is 29.9. The van der Waals surface area contributed by atoms with Crippen molar-refractivity contribution in [2.45, 2.75) is 70.6 Å². The molecule has 0 radical (unpaired) electrons. The molecule has 2 aromatic carbocycles. The van der Waals surface area contributed by atoms with Gasteiger partial charge in [-0.05, 0) is 62.3 Å². The number of hydrogen-bond acceptors (Lipinski definition) is 6. The summed E-state index contributed by atoms with van der Waals surface area (Å²) in [4.78, 5) is 37.5. The van der Waals surface area contributed by atoms with Crippen molar-refractivity contribution in [3.05, 3.63) is 91.0 Å². The summed E-state index contributed by atoms with van der Waals surface area (Å²) in [5.74, 6) is -0.867. The molecular formula is C33H44N2O6. The smallest absolute Gasteiger partial charge is 0.305 e. The summed E-state index contributed by atoms with van der Waals surface area (Å²) in [7, 11) is 0. The molecular weight excluding hydrogens is 520 g/mol. The molecule has 0 saturated carbocycles. The van der Waals surface area contributed by atoms with Crippen molar-refractivity contribution in [2.24, 2.45) is 5.92 Å². The number of aliphatic hydroxyl groups is 1. The lowest BCUT2D eigenvalue weighted by Crippen LogP contribution is -2.44. The number of allylic oxidation sites excluding steroid dienone is 2. The molecule has 0 unspecified atom stereocenters. The van der Waals surface area contributed by atoms with Crippen LogP contribution in [0.15, 0.2) is 79.9 Å². The SMILES string of the molecule is C=CCCCCC(=O)OC[C@H](C)NC(=O)[C@@H](CC=C)CC(=O)N[C@H](CO)Cc1ccc(OCc2ccccc2)cc1. The van der Waals surface area contributed by atoms with Gasteiger partial charge >= 0.3 is 5.97 Å². The fraction of sp³-hybridized carbons (Fsp3) is 0.424. The molecule has 3 N–H and O–H groups in total. The van der Waals surface area contributed by atoms with E-state index in [1.807, 2.05) is 60.7 Å². The number of aliphatic hydroxyl groups excluding tert-OH is 1. The van der Waals surface area contributed by atoms with Crippen LogP contribution in [0.25, 0.3) is 0 Å². The molecule has 41 heavy (non-hydrogen) atoms. The molecule has 0 spiro atoms. The zero-order valence-electron chi connectivity index (χ0n) is 24.1. The first-order valence-corrected chi connectivity index (χ1v) is 14.2. The molecule has 3 atom stereocenters. The molecule has 8 heteroatoms. The van der Waals surface area contributed by atoms with Gasteiger partial charge in [0.25, 0.3) is 0 Å². The summed E-state index contributed by atoms with van der Waals surface area (Å²) in [6.07, 6.45) is 6.87. The van der Waals surface area contributed by atoms with Crippen LogP contribution in [0, 0.1) is 5.92 Å². The molecule has 0 heterocycles. The van der Waals surface area contributed by atoms with Gasteiger partial charge in [-0.3, -0.25) is 14.4 Å². The largest absolute Gasteiger partial charge is 0.489 e. The fourth-order valence-corrected chi connectivity index (χ4v) is 4.15. The van der Waals surface area contributed by atoms with E-state index in [0.717, 1.165) is 36.1 Å². The van der Waals surface area contributed by atoms with Crippen molar-refractivity contribution in [1.29, 1.82) is 0 Å². The van der Waals surface area contributed by atoms with Crippen molar-refractivity contribution < 1.29 is 29.0 Å². The molecule has 0 bridgehead atoms. The molecule has 0 aromatic heterocycles. The highest BCUT2D eigenvalue weighted by Gasteiger charge is 2.24. The normalized spacial score (nSPS) is 12.8. The molecule has 0 saturated heterocycles. The number of benzene rings is 2. The number of hydrogen-bond donors (Lipinski definition) is 3. The van der Waals surface area contributed by atoms with Crippen LogP contribution in [0.3, 0.4) is 0 Å². The second-order valence-corrected chi connectivity index (χ2v) is 10.1. The summed E-state index contributed by atoms with van der Waals surface area (Å²) in [5.41, 5.74) is 2.01. The summed E-state index contributed by atoms with van der Waals surface area (Å²) >= 11 is 0. The van der Waals surface area contributed by atoms with E-state index in [0.29, 0.717) is 25.9 Å². The van der Waals surface area contributed by atoms with E-state index >= 15 is 0 Å². The molecule has 0 aliphatic rings. The molecule has 222 valence electrons. The first-order chi connectivity index (χ1) is 19.8. The number of nitrogens with one attached hydrogen (secondary N) is 2. The van der Waals surface area contributed by atoms with Gasteiger partial charge in [-0.25, -0.2) is 0 Å². The first kappa shape index (κ1) is 33.3. The first-order valence-electron chi connectivity index (χ1n) is 14.2. The summed E-state index contributed by atoms with van der Waals surface area (Å²) < 4.78 is 11.1. The summed E-state index contributed by atoms with van der Waals surface area (Å²) in [5, 5.41) is 15.5. The highest BCUT2D eigenvalue weighted by Crippen LogP contribution is 2.16. The van der Waals surface area contributed by atoms with Gasteiger partial charge in [-0.2, -0.15) is 0 Å². The quantitative estimate of drug-likeness (QED) is 0.122. The Balaban J connectivity index is 1.79. The van der Waals surface area contributed by atoms with Crippen LogP contribution in [0.5, 0.6) is 5.75 Å². The minimum absolute atomic E-state index is 0.0573. The van der Waals surface area contributed by atoms with Gasteiger partial charge in [0.2, 0.25) is 11.8 Å². The van der Waals surface area contributed by atoms with E-state index in [1.54, 1.807) is 13.0 Å². The topological polar surface area (TPSA) is 114 Å². The van der Waals surface area contributed by atoms with E-state index in [4.69, 9.17) is 9.47 Å². The number of amides is 2. The van der Waals surface area contributed by atoms with Crippen LogP contribution in [-0.2, 0) is 32.1 Å². The highest BCUT2D eigenvalue weighted by molar-refractivity contribution is 5.86. The van der Waals surface area contributed by atoms with Gasteiger partial charge in [0.05, 0.1) is 24.6 Å². The number of rotatable bonds is 20. The number of carbonyl (C=O) groups is 3. The number of carbonyl (C=O) groups excluding carboxylic acids is 3. The second-order valence-electron chi connectivity index (χ2n) is 10.1. The van der Waals surface area contributed by atoms with E-state index < -0.39 is 18.0 Å². The predicted octanol–water partition coefficient (Wildman–Crippen LogP) is 4.66. The van der Waals surface area contributed by atoms with Crippen molar-refractivity contribution in [1.82, 2.24) is 10.6 Å². The Hall–Kier alpha value is -3.91. The Morgan fingerprint density at radius 1 is 0.951 bits per heavy atom. The lowest BCUT2D eigenvalue weighted by atomic mass is 9.98. The fourth-order valence-electron chi connectivity index (χ4n) is 4.15. The van der Waals surface area contributed by atoms with Crippen LogP contribution < -0.4 is 15.4 Å². The maximum Gasteiger partial charge on any atom is 0.305 e. The minimum Gasteiger partial charge on any atom is -0.489 e. The van der Waals surface area contributed by atoms with Crippen molar-refractivity contribution in [3.63, 3.8) is 0 Å². The molecule has 8 nitrogen and oxygen atoms in total. The van der Waals surface area contributed by atoms with Gasteiger partial charge in [-0.15, -0.1) is 13.2 Å². The second kappa shape index (κ2) is 19.2. The van der Waals surface area contributed by atoms with Gasteiger partial charge in [0, 0.05) is 12.8 Å². The lowest BCUT2D eigenvalue weighted by molar-refractivity contribution is -0.145. The molecule has 2 aromatic rings. The van der Waals surface area contributed by atoms with Crippen LogP contribution in [0.2, 0.25) is 0 Å². The molecule has 0 aliphatic heterocycles. The predicted molar refractivity (Wildman–Crippen MR) is 160 cm³/mol. The average molecular weight is 565 g/mol. The van der Waals surface area contributed by atoms with Gasteiger partial charge < -0.3 is 25.2 Å². The third-order valence-corrected chi connectivity index (χ3v) is 6.42. The monoisotopic (exact) mass is 564 g/mol. The molecule has 2 amide bonds. The molecule has 0 fully saturated rings. The average Bonchev–Trinajstić information content (AvgIpc) is 2.97. The Morgan fingerprint density at radius 2 is 1.68 bits per heavy atom. The maximum absolute atomic E-state index is 12.8. The Morgan fingerprint density at radius 3 is 2.34 bits per heavy atom. The van der Waals surface area contributed by atoms with Crippen molar-refractivity contribution >= 4 is 17.8 Å². The van der Waals surface area contributed by atoms with Gasteiger partial charge in [0.15, 0.2) is 0 Å². The van der Waals surface area contributed by atoms with Crippen molar-refractivity contribution in [3.8, 4) is 5.75 Å². The summed E-state index contributed by atoms with van der Waals surface area (Å²) in [6.45, 7) is 9.39. The zero-order valence-corrected chi connectivity index (χ0v) is 24.1. The highest BCUT2D eigenvalue weighted by atomic mass is 16.5. The number of ether oxygens (including phenoxy) is 2. The van der Waals surface area contributed by atoms with Crippen LogP contribution in [-0.4, -0.2) is 48.2 Å². The number of unbranched alkanes of at least 4 members (excludes halogenated alkanes) is 2. The van der Waals surface area contributed by atoms with Gasteiger partial charge in [0.1, 0.15) is 19.0 Å². The van der Waals surface area contributed by atoms with E-state index in [-0.39, 0.29) is 37.4 Å². The van der Waals surface area contributed by atoms with Crippen molar-refractivity contribution in [2.75, 3.05) is 13.2 Å². The Kier molecular flexibility index (Phi) is 15.6. The van der Waals surface area contributed by atoms with E-state index in [9.17, 15) is 19.5 Å². The van der Waals surface area contributed by atoms with Crippen LogP contribution in [0.1, 0.15) is 56.6 Å². The van der Waals surface area contributed by atoms with Gasteiger partial charge in [-0.1, -0.05) is 54.6 Å². The Labute approximate surface area is 243 Å². The minimum atomic E-state index is -0.634. The third kappa shape index (κ3) is 13.8. The molecule has 0 aliphatic carbocycles. The van der Waals surface area contributed by atoms with Crippen LogP contribution in [0.4, 0.5) is 0 Å². The standard InChI is InChI=1S/C33H44N2O6/c1-4-6-7-11-15-32(38)41-23-25(3)34-33(39)28(12-5-2)21-31(37)35-29(22-36)20-26-16-18-30(19-17-26)40-24-27-13-9-8-10-14-27/h4-5,8-10,13-14,16-19,25,28-29,36H,1-2,6-7,11-12,15,20-24H2,3H3,(H,34,39)(H,35,37)/t25-,28-,29-/m0/s1. The summed E-state index contributed by atoms with van der Waals surface area (Å²) in [6, 6.07) is 16.5. The Bertz CT molecular complexity index is 1090. The van der Waals surface area contributed by atoms with E-state index in [2.05, 4.69) is 23.8 Å².